The zero-order valence-corrected chi connectivity index (χ0v) is 17.2. The molecular formula is C22H22BrN3O. The van der Waals surface area contributed by atoms with Crippen LogP contribution in [0.1, 0.15) is 29.3 Å². The van der Waals surface area contributed by atoms with Crippen LogP contribution in [0.5, 0.6) is 0 Å². The van der Waals surface area contributed by atoms with Crippen molar-refractivity contribution >= 4 is 38.6 Å². The van der Waals surface area contributed by atoms with Crippen LogP contribution >= 0.6 is 15.9 Å². The number of anilines is 1. The van der Waals surface area contributed by atoms with E-state index in [1.807, 2.05) is 29.2 Å². The minimum absolute atomic E-state index is 0.0655. The Morgan fingerprint density at radius 3 is 2.59 bits per heavy atom. The Morgan fingerprint density at radius 1 is 1.19 bits per heavy atom. The van der Waals surface area contributed by atoms with Gasteiger partial charge in [0, 0.05) is 29.1 Å². The summed E-state index contributed by atoms with van der Waals surface area (Å²) in [5, 5.41) is 0. The molecule has 1 aliphatic rings. The first kappa shape index (κ1) is 18.0. The molecule has 1 aliphatic heterocycles. The Kier molecular flexibility index (Phi) is 4.64. The van der Waals surface area contributed by atoms with E-state index in [0.29, 0.717) is 19.5 Å². The SMILES string of the molecule is C=C(Br)Cn1c(C2CC(=O)N(c3c(C)cccc3C)C2)nc2ccccc21. The van der Waals surface area contributed by atoms with Crippen LogP contribution in [0, 0.1) is 13.8 Å². The number of fused-ring (bicyclic) bond motifs is 1. The molecular weight excluding hydrogens is 402 g/mol. The van der Waals surface area contributed by atoms with Gasteiger partial charge in [0.2, 0.25) is 5.91 Å². The first-order valence-electron chi connectivity index (χ1n) is 9.10. The fourth-order valence-electron chi connectivity index (χ4n) is 4.07. The van der Waals surface area contributed by atoms with Crippen molar-refractivity contribution in [2.24, 2.45) is 0 Å². The number of imidazole rings is 1. The highest BCUT2D eigenvalue weighted by Crippen LogP contribution is 2.36. The molecule has 4 rings (SSSR count). The molecule has 0 bridgehead atoms. The van der Waals surface area contributed by atoms with Gasteiger partial charge in [-0.1, -0.05) is 52.8 Å². The van der Waals surface area contributed by atoms with E-state index in [9.17, 15) is 4.79 Å². The lowest BCUT2D eigenvalue weighted by molar-refractivity contribution is -0.117. The molecule has 1 saturated heterocycles. The van der Waals surface area contributed by atoms with E-state index in [-0.39, 0.29) is 11.8 Å². The molecule has 0 N–H and O–H groups in total. The quantitative estimate of drug-likeness (QED) is 0.586. The van der Waals surface area contributed by atoms with Crippen molar-refractivity contribution in [1.82, 2.24) is 9.55 Å². The van der Waals surface area contributed by atoms with Crippen LogP contribution in [0.15, 0.2) is 53.5 Å². The highest BCUT2D eigenvalue weighted by molar-refractivity contribution is 9.11. The molecule has 1 amide bonds. The average Bonchev–Trinajstić information content (AvgIpc) is 3.16. The first-order chi connectivity index (χ1) is 13.0. The molecule has 0 spiro atoms. The summed E-state index contributed by atoms with van der Waals surface area (Å²) in [6.07, 6.45) is 0.478. The number of amides is 1. The molecule has 1 fully saturated rings. The molecule has 4 nitrogen and oxygen atoms in total. The lowest BCUT2D eigenvalue weighted by Crippen LogP contribution is -2.26. The zero-order chi connectivity index (χ0) is 19.1. The molecule has 2 aromatic carbocycles. The number of halogens is 1. The van der Waals surface area contributed by atoms with Crippen LogP contribution in [-0.2, 0) is 11.3 Å². The van der Waals surface area contributed by atoms with Crippen LogP contribution in [0.25, 0.3) is 11.0 Å². The minimum Gasteiger partial charge on any atom is -0.323 e. The second kappa shape index (κ2) is 6.97. The van der Waals surface area contributed by atoms with Gasteiger partial charge < -0.3 is 9.47 Å². The molecule has 138 valence electrons. The number of carbonyl (C=O) groups excluding carboxylic acids is 1. The number of aromatic nitrogens is 2. The van der Waals surface area contributed by atoms with E-state index in [0.717, 1.165) is 38.2 Å². The largest absolute Gasteiger partial charge is 0.323 e. The highest BCUT2D eigenvalue weighted by Gasteiger charge is 2.35. The second-order valence-electron chi connectivity index (χ2n) is 7.21. The Bertz CT molecular complexity index is 1030. The van der Waals surface area contributed by atoms with E-state index >= 15 is 0 Å². The lowest BCUT2D eigenvalue weighted by atomic mass is 10.1. The van der Waals surface area contributed by atoms with Crippen molar-refractivity contribution in [2.45, 2.75) is 32.7 Å². The lowest BCUT2D eigenvalue weighted by Gasteiger charge is -2.21. The van der Waals surface area contributed by atoms with Crippen molar-refractivity contribution in [2.75, 3.05) is 11.4 Å². The van der Waals surface area contributed by atoms with Crippen LogP contribution < -0.4 is 4.90 Å². The summed E-state index contributed by atoms with van der Waals surface area (Å²) >= 11 is 3.48. The maximum atomic E-state index is 12.9. The molecule has 1 atom stereocenters. The van der Waals surface area contributed by atoms with Gasteiger partial charge in [-0.2, -0.15) is 0 Å². The molecule has 0 radical (unpaired) electrons. The van der Waals surface area contributed by atoms with Crippen LogP contribution in [0.4, 0.5) is 5.69 Å². The van der Waals surface area contributed by atoms with Gasteiger partial charge in [0.05, 0.1) is 17.6 Å². The summed E-state index contributed by atoms with van der Waals surface area (Å²) in [5.41, 5.74) is 5.33. The van der Waals surface area contributed by atoms with Gasteiger partial charge in [0.1, 0.15) is 5.82 Å². The highest BCUT2D eigenvalue weighted by atomic mass is 79.9. The molecule has 27 heavy (non-hydrogen) atoms. The third-order valence-electron chi connectivity index (χ3n) is 5.21. The summed E-state index contributed by atoms with van der Waals surface area (Å²) in [6.45, 7) is 9.42. The summed E-state index contributed by atoms with van der Waals surface area (Å²) < 4.78 is 3.07. The molecule has 3 aromatic rings. The van der Waals surface area contributed by atoms with Gasteiger partial charge in [-0.15, -0.1) is 0 Å². The number of carbonyl (C=O) groups is 1. The van der Waals surface area contributed by atoms with Gasteiger partial charge in [0.25, 0.3) is 0 Å². The van der Waals surface area contributed by atoms with Crippen molar-refractivity contribution < 1.29 is 4.79 Å². The summed E-state index contributed by atoms with van der Waals surface area (Å²) in [4.78, 5) is 19.7. The Morgan fingerprint density at radius 2 is 1.89 bits per heavy atom. The molecule has 1 aromatic heterocycles. The average molecular weight is 424 g/mol. The topological polar surface area (TPSA) is 38.1 Å². The smallest absolute Gasteiger partial charge is 0.227 e. The van der Waals surface area contributed by atoms with E-state index in [1.165, 1.54) is 0 Å². The van der Waals surface area contributed by atoms with E-state index in [1.54, 1.807) is 0 Å². The molecule has 2 heterocycles. The fraction of sp³-hybridized carbons (Fsp3) is 0.273. The number of hydrogen-bond acceptors (Lipinski definition) is 2. The van der Waals surface area contributed by atoms with Crippen LogP contribution in [-0.4, -0.2) is 22.0 Å². The Labute approximate surface area is 167 Å². The van der Waals surface area contributed by atoms with E-state index < -0.39 is 0 Å². The van der Waals surface area contributed by atoms with Crippen molar-refractivity contribution in [1.29, 1.82) is 0 Å². The fourth-order valence-corrected chi connectivity index (χ4v) is 4.32. The van der Waals surface area contributed by atoms with Crippen LogP contribution in [0.3, 0.4) is 0 Å². The zero-order valence-electron chi connectivity index (χ0n) is 15.6. The molecule has 0 aliphatic carbocycles. The number of hydrogen-bond donors (Lipinski definition) is 0. The van der Waals surface area contributed by atoms with Crippen LogP contribution in [0.2, 0.25) is 0 Å². The third kappa shape index (κ3) is 3.21. The summed E-state index contributed by atoms with van der Waals surface area (Å²) in [7, 11) is 0. The standard InChI is InChI=1S/C22H22BrN3O/c1-14-7-6-8-15(2)21(14)26-13-17(11-20(26)27)22-24-18-9-4-5-10-19(18)25(22)12-16(3)23/h4-10,17H,3,11-13H2,1-2H3. The van der Waals surface area contributed by atoms with Gasteiger partial charge in [-0.05, 0) is 37.1 Å². The van der Waals surface area contributed by atoms with Gasteiger partial charge in [-0.3, -0.25) is 4.79 Å². The monoisotopic (exact) mass is 423 g/mol. The van der Waals surface area contributed by atoms with Crippen molar-refractivity contribution in [3.8, 4) is 0 Å². The summed E-state index contributed by atoms with van der Waals surface area (Å²) in [6, 6.07) is 14.3. The van der Waals surface area contributed by atoms with Crippen molar-refractivity contribution in [3.63, 3.8) is 0 Å². The predicted octanol–water partition coefficient (Wildman–Crippen LogP) is 5.08. The summed E-state index contributed by atoms with van der Waals surface area (Å²) in [5.74, 6) is 1.18. The number of para-hydroxylation sites is 3. The molecule has 0 saturated carbocycles. The number of allylic oxidation sites excluding steroid dienone is 1. The minimum atomic E-state index is 0.0655. The molecule has 5 heteroatoms. The number of nitrogens with zero attached hydrogens (tertiary/aromatic N) is 3. The number of rotatable bonds is 4. The van der Waals surface area contributed by atoms with E-state index in [4.69, 9.17) is 4.98 Å². The second-order valence-corrected chi connectivity index (χ2v) is 8.33. The molecule has 1 unspecified atom stereocenters. The van der Waals surface area contributed by atoms with Gasteiger partial charge in [0.15, 0.2) is 0 Å². The first-order valence-corrected chi connectivity index (χ1v) is 9.90. The normalized spacial score (nSPS) is 17.1. The number of benzene rings is 2. The Hall–Kier alpha value is -2.40. The van der Waals surface area contributed by atoms with Crippen molar-refractivity contribution in [3.05, 3.63) is 70.5 Å². The maximum absolute atomic E-state index is 12.9. The maximum Gasteiger partial charge on any atom is 0.227 e. The third-order valence-corrected chi connectivity index (χ3v) is 5.46. The van der Waals surface area contributed by atoms with Gasteiger partial charge >= 0.3 is 0 Å². The predicted molar refractivity (Wildman–Crippen MR) is 113 cm³/mol. The Balaban J connectivity index is 1.75. The van der Waals surface area contributed by atoms with E-state index in [2.05, 4.69) is 59.1 Å². The van der Waals surface area contributed by atoms with Gasteiger partial charge in [-0.25, -0.2) is 4.98 Å². The number of aryl methyl sites for hydroxylation is 2.